The van der Waals surface area contributed by atoms with Gasteiger partial charge in [-0.05, 0) is 6.08 Å². The predicted molar refractivity (Wildman–Crippen MR) is 45.1 cm³/mol. The van der Waals surface area contributed by atoms with Crippen LogP contribution in [-0.2, 0) is 9.59 Å². The second kappa shape index (κ2) is 6.27. The van der Waals surface area contributed by atoms with Crippen LogP contribution in [-0.4, -0.2) is 23.6 Å². The Kier molecular flexibility index (Phi) is 5.51. The highest BCUT2D eigenvalue weighted by atomic mass is 16.4. The molecule has 1 atom stereocenters. The van der Waals surface area contributed by atoms with Crippen LogP contribution in [0.1, 0.15) is 13.3 Å². The SMILES string of the molecule is CC(C=NC=CC=O)CC(=O)O. The number of aldehydes is 1. The van der Waals surface area contributed by atoms with Gasteiger partial charge in [0.25, 0.3) is 0 Å². The molecule has 0 radical (unpaired) electrons. The zero-order chi connectivity index (χ0) is 9.40. The molecule has 0 saturated carbocycles. The zero-order valence-corrected chi connectivity index (χ0v) is 6.80. The molecule has 0 aliphatic carbocycles. The van der Waals surface area contributed by atoms with E-state index in [0.29, 0.717) is 6.29 Å². The van der Waals surface area contributed by atoms with Gasteiger partial charge in [0.1, 0.15) is 6.29 Å². The lowest BCUT2D eigenvalue weighted by Gasteiger charge is -1.97. The van der Waals surface area contributed by atoms with Crippen molar-refractivity contribution in [1.82, 2.24) is 0 Å². The fourth-order valence-corrected chi connectivity index (χ4v) is 0.610. The molecule has 0 aromatic carbocycles. The summed E-state index contributed by atoms with van der Waals surface area (Å²) >= 11 is 0. The molecule has 0 aromatic heterocycles. The minimum atomic E-state index is -0.853. The van der Waals surface area contributed by atoms with Crippen molar-refractivity contribution in [3.63, 3.8) is 0 Å². The summed E-state index contributed by atoms with van der Waals surface area (Å²) in [4.78, 5) is 23.6. The van der Waals surface area contributed by atoms with E-state index in [9.17, 15) is 9.59 Å². The molecule has 0 spiro atoms. The molecule has 0 bridgehead atoms. The van der Waals surface area contributed by atoms with Crippen molar-refractivity contribution in [2.45, 2.75) is 13.3 Å². The van der Waals surface area contributed by atoms with Crippen molar-refractivity contribution < 1.29 is 14.7 Å². The summed E-state index contributed by atoms with van der Waals surface area (Å²) in [6.07, 6.45) is 4.72. The Morgan fingerprint density at radius 3 is 2.83 bits per heavy atom. The van der Waals surface area contributed by atoms with Crippen molar-refractivity contribution in [2.24, 2.45) is 10.9 Å². The molecule has 0 aromatic rings. The Morgan fingerprint density at radius 1 is 1.67 bits per heavy atom. The molecule has 4 nitrogen and oxygen atoms in total. The van der Waals surface area contributed by atoms with Gasteiger partial charge >= 0.3 is 5.97 Å². The molecule has 12 heavy (non-hydrogen) atoms. The molecule has 0 amide bonds. The molecule has 0 rings (SSSR count). The van der Waals surface area contributed by atoms with Gasteiger partial charge in [-0.3, -0.25) is 14.6 Å². The van der Waals surface area contributed by atoms with Gasteiger partial charge in [-0.2, -0.15) is 0 Å². The van der Waals surface area contributed by atoms with E-state index < -0.39 is 5.97 Å². The molecule has 66 valence electrons. The largest absolute Gasteiger partial charge is 0.481 e. The topological polar surface area (TPSA) is 66.7 Å². The number of carboxylic acids is 1. The number of carbonyl (C=O) groups excluding carboxylic acids is 1. The number of carboxylic acid groups (broad SMARTS) is 1. The van der Waals surface area contributed by atoms with Gasteiger partial charge in [-0.1, -0.05) is 6.92 Å². The van der Waals surface area contributed by atoms with Crippen LogP contribution in [0.2, 0.25) is 0 Å². The fraction of sp³-hybridized carbons (Fsp3) is 0.375. The summed E-state index contributed by atoms with van der Waals surface area (Å²) in [5.41, 5.74) is 0. The molecular formula is C8H11NO3. The lowest BCUT2D eigenvalue weighted by atomic mass is 10.1. The number of hydrogen-bond donors (Lipinski definition) is 1. The first-order chi connectivity index (χ1) is 5.66. The van der Waals surface area contributed by atoms with Crippen molar-refractivity contribution >= 4 is 18.5 Å². The quantitative estimate of drug-likeness (QED) is 0.377. The van der Waals surface area contributed by atoms with Gasteiger partial charge in [0.2, 0.25) is 0 Å². The van der Waals surface area contributed by atoms with E-state index in [4.69, 9.17) is 5.11 Å². The molecule has 0 saturated heterocycles. The van der Waals surface area contributed by atoms with Crippen molar-refractivity contribution in [1.29, 1.82) is 0 Å². The number of rotatable bonds is 5. The van der Waals surface area contributed by atoms with Crippen molar-refractivity contribution in [3.8, 4) is 0 Å². The average molecular weight is 169 g/mol. The van der Waals surface area contributed by atoms with Crippen LogP contribution in [0.15, 0.2) is 17.3 Å². The first kappa shape index (κ1) is 10.6. The van der Waals surface area contributed by atoms with E-state index in [2.05, 4.69) is 4.99 Å². The molecule has 0 fully saturated rings. The Bertz CT molecular complexity index is 208. The number of aliphatic carboxylic acids is 1. The van der Waals surface area contributed by atoms with Crippen LogP contribution >= 0.6 is 0 Å². The summed E-state index contributed by atoms with van der Waals surface area (Å²) in [7, 11) is 0. The third kappa shape index (κ3) is 6.67. The van der Waals surface area contributed by atoms with E-state index in [1.165, 1.54) is 18.5 Å². The molecule has 0 aliphatic heterocycles. The highest BCUT2D eigenvalue weighted by Gasteiger charge is 2.02. The van der Waals surface area contributed by atoms with Gasteiger partial charge in [-0.15, -0.1) is 0 Å². The smallest absolute Gasteiger partial charge is 0.303 e. The number of allylic oxidation sites excluding steroid dienone is 1. The van der Waals surface area contributed by atoms with Crippen LogP contribution in [0.4, 0.5) is 0 Å². The maximum Gasteiger partial charge on any atom is 0.303 e. The van der Waals surface area contributed by atoms with Crippen LogP contribution < -0.4 is 0 Å². The van der Waals surface area contributed by atoms with Gasteiger partial charge in [0.15, 0.2) is 0 Å². The summed E-state index contributed by atoms with van der Waals surface area (Å²) in [5, 5.41) is 8.35. The van der Waals surface area contributed by atoms with Crippen molar-refractivity contribution in [2.75, 3.05) is 0 Å². The summed E-state index contributed by atoms with van der Waals surface area (Å²) < 4.78 is 0. The van der Waals surface area contributed by atoms with Gasteiger partial charge in [0.05, 0.1) is 6.42 Å². The van der Waals surface area contributed by atoms with Gasteiger partial charge in [-0.25, -0.2) is 0 Å². The fourth-order valence-electron chi connectivity index (χ4n) is 0.610. The molecular weight excluding hydrogens is 158 g/mol. The summed E-state index contributed by atoms with van der Waals surface area (Å²) in [6.45, 7) is 1.74. The van der Waals surface area contributed by atoms with Gasteiger partial charge < -0.3 is 5.11 Å². The van der Waals surface area contributed by atoms with Crippen molar-refractivity contribution in [3.05, 3.63) is 12.3 Å². The van der Waals surface area contributed by atoms with E-state index in [-0.39, 0.29) is 12.3 Å². The highest BCUT2D eigenvalue weighted by molar-refractivity contribution is 5.73. The van der Waals surface area contributed by atoms with E-state index in [0.717, 1.165) is 0 Å². The predicted octanol–water partition coefficient (Wildman–Crippen LogP) is 0.881. The normalized spacial score (nSPS) is 13.8. The van der Waals surface area contributed by atoms with E-state index in [1.54, 1.807) is 6.92 Å². The number of nitrogens with zero attached hydrogens (tertiary/aromatic N) is 1. The second-order valence-electron chi connectivity index (χ2n) is 2.35. The van der Waals surface area contributed by atoms with Crippen LogP contribution in [0.5, 0.6) is 0 Å². The standard InChI is InChI=1S/C8H11NO3/c1-7(5-8(11)12)6-9-3-2-4-10/h2-4,6-7H,5H2,1H3,(H,11,12). The monoisotopic (exact) mass is 169 g/mol. The second-order valence-corrected chi connectivity index (χ2v) is 2.35. The van der Waals surface area contributed by atoms with Crippen LogP contribution in [0.25, 0.3) is 0 Å². The number of hydrogen-bond acceptors (Lipinski definition) is 3. The van der Waals surface area contributed by atoms with E-state index in [1.807, 2.05) is 0 Å². The van der Waals surface area contributed by atoms with E-state index >= 15 is 0 Å². The molecule has 0 heterocycles. The third-order valence-corrected chi connectivity index (χ3v) is 1.09. The average Bonchev–Trinajstić information content (AvgIpc) is 1.97. The molecule has 1 unspecified atom stereocenters. The Hall–Kier alpha value is -1.45. The lowest BCUT2D eigenvalue weighted by Crippen LogP contribution is -2.04. The van der Waals surface area contributed by atoms with Crippen LogP contribution in [0.3, 0.4) is 0 Å². The molecule has 1 N–H and O–H groups in total. The van der Waals surface area contributed by atoms with Gasteiger partial charge in [0, 0.05) is 18.3 Å². The Labute approximate surface area is 70.6 Å². The maximum absolute atomic E-state index is 10.2. The highest BCUT2D eigenvalue weighted by Crippen LogP contribution is 1.97. The zero-order valence-electron chi connectivity index (χ0n) is 6.80. The Morgan fingerprint density at radius 2 is 2.33 bits per heavy atom. The lowest BCUT2D eigenvalue weighted by molar-refractivity contribution is -0.137. The molecule has 0 aliphatic rings. The first-order valence-corrected chi connectivity index (χ1v) is 3.52. The first-order valence-electron chi connectivity index (χ1n) is 3.52. The number of carbonyl (C=O) groups is 2. The summed E-state index contributed by atoms with van der Waals surface area (Å²) in [5.74, 6) is -0.966. The van der Waals surface area contributed by atoms with Crippen LogP contribution in [0, 0.1) is 5.92 Å². The minimum absolute atomic E-state index is 0.0540. The third-order valence-electron chi connectivity index (χ3n) is 1.09. The minimum Gasteiger partial charge on any atom is -0.481 e. The summed E-state index contributed by atoms with van der Waals surface area (Å²) in [6, 6.07) is 0. The molecule has 4 heteroatoms. The maximum atomic E-state index is 10.2. The Balaban J connectivity index is 3.74. The number of aliphatic imine (C=N–C) groups is 1.